The van der Waals surface area contributed by atoms with Crippen LogP contribution in [0.4, 0.5) is 8.78 Å². The van der Waals surface area contributed by atoms with E-state index < -0.39 is 27.2 Å². The monoisotopic (exact) mass is 336 g/mol. The fourth-order valence-corrected chi connectivity index (χ4v) is 3.12. The minimum absolute atomic E-state index is 0.0615. The second-order valence-electron chi connectivity index (χ2n) is 4.72. The molecule has 0 bridgehead atoms. The fraction of sp³-hybridized carbons (Fsp3) is 0.0667. The second kappa shape index (κ2) is 5.88. The summed E-state index contributed by atoms with van der Waals surface area (Å²) in [5.74, 6) is -2.80. The Morgan fingerprint density at radius 3 is 2.43 bits per heavy atom. The number of hydrogen-bond donors (Lipinski definition) is 0. The lowest BCUT2D eigenvalue weighted by atomic mass is 10.2. The van der Waals surface area contributed by atoms with Crippen molar-refractivity contribution < 1.29 is 21.7 Å². The minimum Gasteiger partial charge on any atom is -0.334 e. The quantitative estimate of drug-likeness (QED) is 0.685. The van der Waals surface area contributed by atoms with Crippen LogP contribution in [0.3, 0.4) is 0 Å². The van der Waals surface area contributed by atoms with Crippen LogP contribution in [0, 0.1) is 11.6 Å². The fourth-order valence-electron chi connectivity index (χ4n) is 1.93. The third-order valence-corrected chi connectivity index (χ3v) is 4.67. The van der Waals surface area contributed by atoms with E-state index in [0.29, 0.717) is 11.6 Å². The van der Waals surface area contributed by atoms with Crippen molar-refractivity contribution in [3.63, 3.8) is 0 Å². The summed E-state index contributed by atoms with van der Waals surface area (Å²) >= 11 is 0. The molecule has 118 valence electrons. The maximum atomic E-state index is 13.2. The van der Waals surface area contributed by atoms with Gasteiger partial charge in [-0.1, -0.05) is 23.4 Å². The third-order valence-electron chi connectivity index (χ3n) is 3.06. The SMILES string of the molecule is O=S(=O)(Cc1noc(-c2ccccc2)n1)c1ccc(F)c(F)c1. The highest BCUT2D eigenvalue weighted by molar-refractivity contribution is 7.90. The smallest absolute Gasteiger partial charge is 0.257 e. The maximum absolute atomic E-state index is 13.2. The van der Waals surface area contributed by atoms with Crippen molar-refractivity contribution >= 4 is 9.84 Å². The van der Waals surface area contributed by atoms with Gasteiger partial charge in [-0.25, -0.2) is 17.2 Å². The first kappa shape index (κ1) is 15.3. The summed E-state index contributed by atoms with van der Waals surface area (Å²) in [6, 6.07) is 11.2. The van der Waals surface area contributed by atoms with Gasteiger partial charge in [0.25, 0.3) is 5.89 Å². The second-order valence-corrected chi connectivity index (χ2v) is 6.71. The van der Waals surface area contributed by atoms with E-state index in [1.54, 1.807) is 24.3 Å². The van der Waals surface area contributed by atoms with Crippen LogP contribution in [0.2, 0.25) is 0 Å². The Bertz CT molecular complexity index is 940. The van der Waals surface area contributed by atoms with Crippen molar-refractivity contribution in [2.24, 2.45) is 0 Å². The van der Waals surface area contributed by atoms with Crippen LogP contribution in [0.25, 0.3) is 11.5 Å². The minimum atomic E-state index is -3.91. The molecule has 0 aliphatic rings. The van der Waals surface area contributed by atoms with Crippen LogP contribution in [0.5, 0.6) is 0 Å². The lowest BCUT2D eigenvalue weighted by molar-refractivity contribution is 0.424. The molecule has 0 saturated heterocycles. The summed E-state index contributed by atoms with van der Waals surface area (Å²) in [5.41, 5.74) is 0.650. The lowest BCUT2D eigenvalue weighted by Gasteiger charge is -2.02. The Morgan fingerprint density at radius 2 is 1.74 bits per heavy atom. The van der Waals surface area contributed by atoms with Crippen LogP contribution < -0.4 is 0 Å². The van der Waals surface area contributed by atoms with Crippen molar-refractivity contribution in [2.75, 3.05) is 0 Å². The first-order valence-electron chi connectivity index (χ1n) is 6.51. The highest BCUT2D eigenvalue weighted by Gasteiger charge is 2.21. The van der Waals surface area contributed by atoms with Crippen molar-refractivity contribution in [3.8, 4) is 11.5 Å². The van der Waals surface area contributed by atoms with Gasteiger partial charge in [-0.05, 0) is 30.3 Å². The molecule has 0 atom stereocenters. The number of nitrogens with zero attached hydrogens (tertiary/aromatic N) is 2. The molecule has 1 heterocycles. The molecule has 1 aromatic heterocycles. The average Bonchev–Trinajstić information content (AvgIpc) is 2.98. The van der Waals surface area contributed by atoms with Crippen LogP contribution in [0.15, 0.2) is 57.9 Å². The number of aromatic nitrogens is 2. The van der Waals surface area contributed by atoms with E-state index in [1.165, 1.54) is 0 Å². The van der Waals surface area contributed by atoms with Crippen LogP contribution >= 0.6 is 0 Å². The Hall–Kier alpha value is -2.61. The number of sulfone groups is 1. The predicted molar refractivity (Wildman–Crippen MR) is 77.0 cm³/mol. The van der Waals surface area contributed by atoms with Crippen molar-refractivity contribution in [1.29, 1.82) is 0 Å². The van der Waals surface area contributed by atoms with Gasteiger partial charge in [-0.2, -0.15) is 4.98 Å². The molecule has 0 N–H and O–H groups in total. The first-order chi connectivity index (χ1) is 11.0. The molecule has 8 heteroatoms. The van der Waals surface area contributed by atoms with Crippen molar-refractivity contribution in [1.82, 2.24) is 10.1 Å². The number of benzene rings is 2. The standard InChI is InChI=1S/C15H10F2N2O3S/c16-12-7-6-11(8-13(12)17)23(20,21)9-14-18-15(22-19-14)10-4-2-1-3-5-10/h1-8H,9H2. The summed E-state index contributed by atoms with van der Waals surface area (Å²) in [5, 5.41) is 3.61. The highest BCUT2D eigenvalue weighted by Crippen LogP contribution is 2.20. The van der Waals surface area contributed by atoms with Gasteiger partial charge in [0, 0.05) is 5.56 Å². The Kier molecular flexibility index (Phi) is 3.91. The Balaban J connectivity index is 1.86. The van der Waals surface area contributed by atoms with E-state index >= 15 is 0 Å². The Labute approximate surface area is 130 Å². The van der Waals surface area contributed by atoms with Gasteiger partial charge in [0.2, 0.25) is 0 Å². The summed E-state index contributed by atoms with van der Waals surface area (Å²) in [6.07, 6.45) is 0. The molecule has 23 heavy (non-hydrogen) atoms. The molecule has 5 nitrogen and oxygen atoms in total. The molecule has 0 unspecified atom stereocenters. The van der Waals surface area contributed by atoms with Gasteiger partial charge in [0.15, 0.2) is 27.3 Å². The number of rotatable bonds is 4. The van der Waals surface area contributed by atoms with Gasteiger partial charge in [-0.15, -0.1) is 0 Å². The van der Waals surface area contributed by atoms with Crippen molar-refractivity contribution in [3.05, 3.63) is 66.0 Å². The zero-order valence-corrected chi connectivity index (χ0v) is 12.4. The van der Waals surface area contributed by atoms with E-state index in [1.807, 2.05) is 6.07 Å². The zero-order valence-electron chi connectivity index (χ0n) is 11.6. The van der Waals surface area contributed by atoms with Crippen LogP contribution in [0.1, 0.15) is 5.82 Å². The van der Waals surface area contributed by atoms with Crippen LogP contribution in [-0.2, 0) is 15.6 Å². The van der Waals surface area contributed by atoms with Gasteiger partial charge in [-0.3, -0.25) is 0 Å². The van der Waals surface area contributed by atoms with E-state index in [-0.39, 0.29) is 16.6 Å². The Morgan fingerprint density at radius 1 is 1.00 bits per heavy atom. The number of hydrogen-bond acceptors (Lipinski definition) is 5. The molecule has 3 rings (SSSR count). The molecule has 3 aromatic rings. The predicted octanol–water partition coefficient (Wildman–Crippen LogP) is 2.99. The highest BCUT2D eigenvalue weighted by atomic mass is 32.2. The molecular weight excluding hydrogens is 326 g/mol. The van der Waals surface area contributed by atoms with Gasteiger partial charge >= 0.3 is 0 Å². The molecule has 0 aliphatic heterocycles. The molecule has 0 spiro atoms. The normalized spacial score (nSPS) is 11.6. The zero-order chi connectivity index (χ0) is 16.4. The number of halogens is 2. The molecule has 0 amide bonds. The van der Waals surface area contributed by atoms with E-state index in [4.69, 9.17) is 4.52 Å². The summed E-state index contributed by atoms with van der Waals surface area (Å²) in [6.45, 7) is 0. The first-order valence-corrected chi connectivity index (χ1v) is 8.17. The van der Waals surface area contributed by atoms with E-state index in [2.05, 4.69) is 10.1 Å². The summed E-state index contributed by atoms with van der Waals surface area (Å²) < 4.78 is 55.5. The van der Waals surface area contributed by atoms with E-state index in [0.717, 1.165) is 12.1 Å². The molecular formula is C15H10F2N2O3S. The van der Waals surface area contributed by atoms with Gasteiger partial charge in [0.1, 0.15) is 5.75 Å². The van der Waals surface area contributed by atoms with Gasteiger partial charge < -0.3 is 4.52 Å². The lowest BCUT2D eigenvalue weighted by Crippen LogP contribution is -2.07. The largest absolute Gasteiger partial charge is 0.334 e. The molecule has 0 radical (unpaired) electrons. The van der Waals surface area contributed by atoms with Crippen molar-refractivity contribution in [2.45, 2.75) is 10.6 Å². The van der Waals surface area contributed by atoms with Crippen LogP contribution in [-0.4, -0.2) is 18.6 Å². The molecule has 2 aromatic carbocycles. The maximum Gasteiger partial charge on any atom is 0.257 e. The molecule has 0 fully saturated rings. The average molecular weight is 336 g/mol. The third kappa shape index (κ3) is 3.26. The topological polar surface area (TPSA) is 73.1 Å². The summed E-state index contributed by atoms with van der Waals surface area (Å²) in [4.78, 5) is 3.66. The molecule has 0 saturated carbocycles. The summed E-state index contributed by atoms with van der Waals surface area (Å²) in [7, 11) is -3.91. The van der Waals surface area contributed by atoms with E-state index in [9.17, 15) is 17.2 Å². The molecule has 0 aliphatic carbocycles. The van der Waals surface area contributed by atoms with Gasteiger partial charge in [0.05, 0.1) is 4.90 Å².